The predicted octanol–water partition coefficient (Wildman–Crippen LogP) is 0.227. The first-order chi connectivity index (χ1) is 10.4. The Morgan fingerprint density at radius 3 is 2.55 bits per heavy atom. The fraction of sp³-hybridized carbons (Fsp3) is 0.400. The molecule has 4 amide bonds. The second kappa shape index (κ2) is 6.46. The van der Waals surface area contributed by atoms with Crippen LogP contribution in [-0.4, -0.2) is 48.4 Å². The van der Waals surface area contributed by atoms with Crippen molar-refractivity contribution >= 4 is 23.5 Å². The van der Waals surface area contributed by atoms with Gasteiger partial charge in [-0.3, -0.25) is 9.59 Å². The molecule has 2 rings (SSSR count). The smallest absolute Gasteiger partial charge is 0.312 e. The average Bonchev–Trinajstić information content (AvgIpc) is 2.47. The van der Waals surface area contributed by atoms with Crippen LogP contribution >= 0.6 is 0 Å². The van der Waals surface area contributed by atoms with E-state index in [1.54, 1.807) is 4.90 Å². The number of rotatable bonds is 3. The molecule has 1 heterocycles. The topological polar surface area (TPSA) is 95.7 Å². The molecule has 0 spiro atoms. The summed E-state index contributed by atoms with van der Waals surface area (Å²) in [7, 11) is 0. The molecule has 1 atom stereocenters. The summed E-state index contributed by atoms with van der Waals surface area (Å²) in [6.07, 6.45) is 0. The molecule has 0 radical (unpaired) electrons. The molecule has 1 aliphatic rings. The normalized spacial score (nSPS) is 18.3. The number of carbonyl (C=O) groups excluding carboxylic acids is 3. The van der Waals surface area contributed by atoms with Crippen molar-refractivity contribution in [3.05, 3.63) is 29.8 Å². The molecule has 118 valence electrons. The van der Waals surface area contributed by atoms with E-state index in [0.717, 1.165) is 11.3 Å². The fourth-order valence-electron chi connectivity index (χ4n) is 2.42. The summed E-state index contributed by atoms with van der Waals surface area (Å²) in [5, 5.41) is 2.25. The number of anilines is 1. The van der Waals surface area contributed by atoms with E-state index in [4.69, 9.17) is 5.73 Å². The third kappa shape index (κ3) is 3.55. The number of carbonyl (C=O) groups is 3. The number of hydrogen-bond donors (Lipinski definition) is 2. The van der Waals surface area contributed by atoms with E-state index in [-0.39, 0.29) is 30.9 Å². The Morgan fingerprint density at radius 2 is 1.95 bits per heavy atom. The Bertz CT molecular complexity index is 585. The highest BCUT2D eigenvalue weighted by Gasteiger charge is 2.32. The first-order valence-corrected chi connectivity index (χ1v) is 7.08. The first-order valence-electron chi connectivity index (χ1n) is 7.08. The lowest BCUT2D eigenvalue weighted by Crippen LogP contribution is -2.58. The van der Waals surface area contributed by atoms with Crippen LogP contribution in [0.4, 0.5) is 10.5 Å². The maximum absolute atomic E-state index is 12.3. The van der Waals surface area contributed by atoms with Crippen LogP contribution in [0.25, 0.3) is 0 Å². The summed E-state index contributed by atoms with van der Waals surface area (Å²) in [5.41, 5.74) is 6.89. The van der Waals surface area contributed by atoms with Gasteiger partial charge in [-0.2, -0.15) is 0 Å². The summed E-state index contributed by atoms with van der Waals surface area (Å²) in [6, 6.07) is 6.79. The lowest BCUT2D eigenvalue weighted by Gasteiger charge is -2.39. The summed E-state index contributed by atoms with van der Waals surface area (Å²) in [6.45, 7) is 4.07. The second-order valence-electron chi connectivity index (χ2n) is 5.43. The van der Waals surface area contributed by atoms with E-state index in [1.165, 1.54) is 4.90 Å². The SMILES string of the molecule is Cc1ccc(N2C[C@@H](C)N(C(=O)CNC(N)=O)CC2=O)cc1. The minimum Gasteiger partial charge on any atom is -0.352 e. The maximum atomic E-state index is 12.3. The van der Waals surface area contributed by atoms with Crippen LogP contribution in [-0.2, 0) is 9.59 Å². The molecular weight excluding hydrogens is 284 g/mol. The molecule has 0 aliphatic carbocycles. The zero-order valence-electron chi connectivity index (χ0n) is 12.7. The van der Waals surface area contributed by atoms with Crippen molar-refractivity contribution in [2.75, 3.05) is 24.5 Å². The first kappa shape index (κ1) is 15.8. The highest BCUT2D eigenvalue weighted by molar-refractivity contribution is 5.98. The van der Waals surface area contributed by atoms with Crippen LogP contribution in [0.3, 0.4) is 0 Å². The van der Waals surface area contributed by atoms with Crippen molar-refractivity contribution in [3.63, 3.8) is 0 Å². The van der Waals surface area contributed by atoms with E-state index in [1.807, 2.05) is 38.1 Å². The standard InChI is InChI=1S/C15H20N4O3/c1-10-3-5-12(6-4-10)19-8-11(2)18(9-14(19)21)13(20)7-17-15(16)22/h3-6,11H,7-9H2,1-2H3,(H3,16,17,22)/t11-/m1/s1. The third-order valence-corrected chi connectivity index (χ3v) is 3.67. The molecule has 1 aliphatic heterocycles. The molecule has 0 unspecified atom stereocenters. The summed E-state index contributed by atoms with van der Waals surface area (Å²) in [5.74, 6) is -0.461. The van der Waals surface area contributed by atoms with Gasteiger partial charge in [-0.1, -0.05) is 17.7 Å². The molecule has 1 aromatic rings. The summed E-state index contributed by atoms with van der Waals surface area (Å²) >= 11 is 0. The Morgan fingerprint density at radius 1 is 1.32 bits per heavy atom. The summed E-state index contributed by atoms with van der Waals surface area (Å²) in [4.78, 5) is 38.1. The minimum atomic E-state index is -0.759. The molecule has 7 heteroatoms. The molecule has 3 N–H and O–H groups in total. The number of urea groups is 1. The van der Waals surface area contributed by atoms with Gasteiger partial charge in [-0.05, 0) is 26.0 Å². The van der Waals surface area contributed by atoms with Crippen LogP contribution in [0.2, 0.25) is 0 Å². The highest BCUT2D eigenvalue weighted by Crippen LogP contribution is 2.20. The number of nitrogens with two attached hydrogens (primary N) is 1. The highest BCUT2D eigenvalue weighted by atomic mass is 16.2. The molecule has 0 saturated carbocycles. The van der Waals surface area contributed by atoms with Crippen LogP contribution < -0.4 is 16.0 Å². The number of nitrogens with zero attached hydrogens (tertiary/aromatic N) is 2. The van der Waals surface area contributed by atoms with Gasteiger partial charge >= 0.3 is 6.03 Å². The lowest BCUT2D eigenvalue weighted by atomic mass is 10.1. The average molecular weight is 304 g/mol. The molecule has 22 heavy (non-hydrogen) atoms. The zero-order chi connectivity index (χ0) is 16.3. The van der Waals surface area contributed by atoms with Gasteiger partial charge in [0.2, 0.25) is 11.8 Å². The molecule has 1 saturated heterocycles. The van der Waals surface area contributed by atoms with Crippen molar-refractivity contribution in [2.24, 2.45) is 5.73 Å². The molecule has 1 aromatic carbocycles. The Hall–Kier alpha value is -2.57. The molecule has 0 bridgehead atoms. The lowest BCUT2D eigenvalue weighted by molar-refractivity contribution is -0.138. The zero-order valence-corrected chi connectivity index (χ0v) is 12.7. The van der Waals surface area contributed by atoms with Crippen molar-refractivity contribution in [1.82, 2.24) is 10.2 Å². The fourth-order valence-corrected chi connectivity index (χ4v) is 2.42. The van der Waals surface area contributed by atoms with Gasteiger partial charge in [-0.15, -0.1) is 0 Å². The third-order valence-electron chi connectivity index (χ3n) is 3.67. The van der Waals surface area contributed by atoms with Gasteiger partial charge in [0.25, 0.3) is 0 Å². The predicted molar refractivity (Wildman–Crippen MR) is 82.3 cm³/mol. The van der Waals surface area contributed by atoms with E-state index in [0.29, 0.717) is 6.54 Å². The monoisotopic (exact) mass is 304 g/mol. The van der Waals surface area contributed by atoms with E-state index in [2.05, 4.69) is 5.32 Å². The molecular formula is C15H20N4O3. The number of piperazine rings is 1. The van der Waals surface area contributed by atoms with E-state index < -0.39 is 6.03 Å². The van der Waals surface area contributed by atoms with Crippen molar-refractivity contribution in [1.29, 1.82) is 0 Å². The maximum Gasteiger partial charge on any atom is 0.312 e. The number of primary amides is 1. The largest absolute Gasteiger partial charge is 0.352 e. The van der Waals surface area contributed by atoms with Crippen molar-refractivity contribution in [3.8, 4) is 0 Å². The Balaban J connectivity index is 2.05. The Kier molecular flexibility index (Phi) is 4.65. The number of aryl methyl sites for hydroxylation is 1. The van der Waals surface area contributed by atoms with Crippen LogP contribution in [0.5, 0.6) is 0 Å². The van der Waals surface area contributed by atoms with Crippen LogP contribution in [0, 0.1) is 6.92 Å². The molecule has 1 fully saturated rings. The van der Waals surface area contributed by atoms with Crippen molar-refractivity contribution < 1.29 is 14.4 Å². The molecule has 0 aromatic heterocycles. The van der Waals surface area contributed by atoms with Gasteiger partial charge in [0.15, 0.2) is 0 Å². The quantitative estimate of drug-likeness (QED) is 0.836. The van der Waals surface area contributed by atoms with E-state index >= 15 is 0 Å². The Labute approximate surface area is 129 Å². The van der Waals surface area contributed by atoms with Gasteiger partial charge in [0.05, 0.1) is 6.54 Å². The number of hydrogen-bond acceptors (Lipinski definition) is 3. The minimum absolute atomic E-state index is 0.00564. The number of nitrogens with one attached hydrogen (secondary N) is 1. The van der Waals surface area contributed by atoms with Crippen LogP contribution in [0.15, 0.2) is 24.3 Å². The molecule has 7 nitrogen and oxygen atoms in total. The van der Waals surface area contributed by atoms with Gasteiger partial charge in [0, 0.05) is 18.3 Å². The van der Waals surface area contributed by atoms with E-state index in [9.17, 15) is 14.4 Å². The van der Waals surface area contributed by atoms with Gasteiger partial charge < -0.3 is 20.9 Å². The van der Waals surface area contributed by atoms with Crippen LogP contribution in [0.1, 0.15) is 12.5 Å². The van der Waals surface area contributed by atoms with Gasteiger partial charge in [0.1, 0.15) is 6.54 Å². The van der Waals surface area contributed by atoms with Crippen molar-refractivity contribution in [2.45, 2.75) is 19.9 Å². The summed E-state index contributed by atoms with van der Waals surface area (Å²) < 4.78 is 0. The van der Waals surface area contributed by atoms with Gasteiger partial charge in [-0.25, -0.2) is 4.79 Å². The second-order valence-corrected chi connectivity index (χ2v) is 5.43. The number of amides is 4. The number of benzene rings is 1.